The molecule has 49 heavy (non-hydrogen) atoms. The van der Waals surface area contributed by atoms with E-state index >= 15 is 0 Å². The smallest absolute Gasteiger partial charge is 0.325 e. The van der Waals surface area contributed by atoms with Gasteiger partial charge in [0.2, 0.25) is 0 Å². The summed E-state index contributed by atoms with van der Waals surface area (Å²) in [5.41, 5.74) is -3.40. The van der Waals surface area contributed by atoms with Crippen molar-refractivity contribution < 1.29 is 29.4 Å². The lowest BCUT2D eigenvalue weighted by Crippen LogP contribution is -2.68. The second-order valence-electron chi connectivity index (χ2n) is 18.5. The minimum absolute atomic E-state index is 0.0907. The molecule has 2 unspecified atom stereocenters. The summed E-state index contributed by atoms with van der Waals surface area (Å²) in [5.74, 6) is -0.606. The zero-order chi connectivity index (χ0) is 36.5. The van der Waals surface area contributed by atoms with E-state index in [2.05, 4.69) is 75.8 Å². The van der Waals surface area contributed by atoms with E-state index in [1.807, 2.05) is 19.0 Å². The molecule has 13 heteroatoms. The number of hydrogen-bond acceptors (Lipinski definition) is 9. The third-order valence-electron chi connectivity index (χ3n) is 12.8. The summed E-state index contributed by atoms with van der Waals surface area (Å²) in [4.78, 5) is 63.3. The second-order valence-corrected chi connectivity index (χ2v) is 18.5. The van der Waals surface area contributed by atoms with Gasteiger partial charge in [-0.15, -0.1) is 0 Å². The van der Waals surface area contributed by atoms with Crippen LogP contribution in [0.2, 0.25) is 0 Å². The van der Waals surface area contributed by atoms with Crippen LogP contribution >= 0.6 is 0 Å². The van der Waals surface area contributed by atoms with Crippen LogP contribution in [0.25, 0.3) is 0 Å². The first kappa shape index (κ1) is 37.9. The van der Waals surface area contributed by atoms with E-state index in [1.165, 1.54) is 0 Å². The van der Waals surface area contributed by atoms with Crippen LogP contribution in [0.5, 0.6) is 0 Å². The van der Waals surface area contributed by atoms with E-state index in [0.717, 1.165) is 41.9 Å². The predicted octanol–water partition coefficient (Wildman–Crippen LogP) is 2.49. The fraction of sp³-hybridized carbons (Fsp3) is 0.889. The molecule has 0 aromatic heterocycles. The molecule has 4 heterocycles. The van der Waals surface area contributed by atoms with Crippen molar-refractivity contribution in [1.82, 2.24) is 35.1 Å². The van der Waals surface area contributed by atoms with Crippen LogP contribution in [0.3, 0.4) is 0 Å². The molecule has 0 bridgehead atoms. The van der Waals surface area contributed by atoms with Crippen molar-refractivity contribution in [1.29, 1.82) is 0 Å². The quantitative estimate of drug-likeness (QED) is 0.268. The van der Waals surface area contributed by atoms with E-state index in [4.69, 9.17) is 0 Å². The summed E-state index contributed by atoms with van der Waals surface area (Å²) in [5, 5.41) is 28.8. The van der Waals surface area contributed by atoms with Crippen LogP contribution in [0.15, 0.2) is 0 Å². The Bertz CT molecular complexity index is 1200. The first-order valence-electron chi connectivity index (χ1n) is 18.3. The molecule has 4 aliphatic heterocycles. The largest absolute Gasteiger partial charge is 0.390 e. The van der Waals surface area contributed by atoms with Crippen LogP contribution < -0.4 is 10.6 Å². The van der Waals surface area contributed by atoms with Gasteiger partial charge in [-0.3, -0.25) is 34.1 Å². The fourth-order valence-corrected chi connectivity index (χ4v) is 10.3. The summed E-state index contributed by atoms with van der Waals surface area (Å²) in [7, 11) is 4.09. The van der Waals surface area contributed by atoms with Gasteiger partial charge >= 0.3 is 12.1 Å². The number of β-amino-alcohol motifs (C(OH)–C–C–N with tert-alkyl or cyclic N) is 2. The van der Waals surface area contributed by atoms with Gasteiger partial charge in [0.15, 0.2) is 0 Å². The van der Waals surface area contributed by atoms with Gasteiger partial charge in [0.1, 0.15) is 11.1 Å². The van der Waals surface area contributed by atoms with Gasteiger partial charge in [0, 0.05) is 41.3 Å². The maximum atomic E-state index is 13.9. The molecule has 6 amide bonds. The maximum Gasteiger partial charge on any atom is 0.325 e. The highest BCUT2D eigenvalue weighted by Gasteiger charge is 2.62. The highest BCUT2D eigenvalue weighted by molar-refractivity contribution is 6.08. The summed E-state index contributed by atoms with van der Waals surface area (Å²) in [6.07, 6.45) is 4.73. The van der Waals surface area contributed by atoms with Gasteiger partial charge < -0.3 is 20.8 Å². The number of nitrogens with one attached hydrogen (secondary N) is 2. The predicted molar refractivity (Wildman–Crippen MR) is 187 cm³/mol. The molecule has 2 spiro atoms. The monoisotopic (exact) mass is 689 g/mol. The lowest BCUT2D eigenvalue weighted by molar-refractivity contribution is -0.140. The Morgan fingerprint density at radius 1 is 0.633 bits per heavy atom. The van der Waals surface area contributed by atoms with Crippen molar-refractivity contribution in [3.63, 3.8) is 0 Å². The Morgan fingerprint density at radius 3 is 1.29 bits per heavy atom. The summed E-state index contributed by atoms with van der Waals surface area (Å²) in [6.45, 7) is 16.6. The molecule has 4 N–H and O–H groups in total. The number of urea groups is 2. The Morgan fingerprint density at radius 2 is 0.959 bits per heavy atom. The van der Waals surface area contributed by atoms with Crippen molar-refractivity contribution in [2.24, 2.45) is 0 Å². The number of amides is 6. The van der Waals surface area contributed by atoms with E-state index in [-0.39, 0.29) is 66.2 Å². The van der Waals surface area contributed by atoms with Gasteiger partial charge in [-0.2, -0.15) is 0 Å². The molecular weight excluding hydrogens is 626 g/mol. The number of aliphatic hydroxyl groups excluding tert-OH is 2. The van der Waals surface area contributed by atoms with E-state index in [9.17, 15) is 29.4 Å². The molecule has 2 atom stereocenters. The number of piperidine rings is 2. The minimum Gasteiger partial charge on any atom is -0.390 e. The summed E-state index contributed by atoms with van der Waals surface area (Å²) >= 11 is 0. The Kier molecular flexibility index (Phi) is 9.84. The standard InChI is InChI=1S/C36H63N7O6/c1-31(2)20-35(21-32(3,4)39(31)9)27(46)42(29(48)37-35)18-25(44)16-41(24-14-12-11-13-15-24)17-26(45)19-43-28(47)36(38-30(43)49)22-33(5,6)40(10)34(7,8)23-36/h24-26,44-45H,11-23H2,1-10H3,(H,37,48)(H,38,49). The van der Waals surface area contributed by atoms with Gasteiger partial charge in [-0.25, -0.2) is 9.59 Å². The first-order valence-corrected chi connectivity index (χ1v) is 18.3. The first-order chi connectivity index (χ1) is 22.5. The summed E-state index contributed by atoms with van der Waals surface area (Å²) in [6, 6.07) is -0.887. The molecule has 5 rings (SSSR count). The van der Waals surface area contributed by atoms with E-state index in [1.54, 1.807) is 0 Å². The minimum atomic E-state index is -1.05. The highest BCUT2D eigenvalue weighted by Crippen LogP contribution is 2.46. The average Bonchev–Trinajstić information content (AvgIpc) is 3.32. The lowest BCUT2D eigenvalue weighted by atomic mass is 9.69. The van der Waals surface area contributed by atoms with Gasteiger partial charge in [0.05, 0.1) is 25.3 Å². The Balaban J connectivity index is 1.26. The number of hydrogen-bond donors (Lipinski definition) is 4. The molecule has 0 aromatic rings. The van der Waals surface area contributed by atoms with Crippen LogP contribution in [-0.4, -0.2) is 150 Å². The molecule has 278 valence electrons. The zero-order valence-electron chi connectivity index (χ0n) is 31.7. The highest BCUT2D eigenvalue weighted by atomic mass is 16.3. The molecule has 5 fully saturated rings. The average molecular weight is 690 g/mol. The number of imide groups is 2. The molecular formula is C36H63N7O6. The molecule has 0 radical (unpaired) electrons. The Hall–Kier alpha value is -2.32. The third-order valence-corrected chi connectivity index (χ3v) is 12.8. The molecule has 0 aromatic carbocycles. The van der Waals surface area contributed by atoms with Crippen LogP contribution in [0.1, 0.15) is 113 Å². The van der Waals surface area contributed by atoms with E-state index < -0.39 is 35.3 Å². The number of likely N-dealkylation sites (tertiary alicyclic amines) is 2. The van der Waals surface area contributed by atoms with Crippen LogP contribution in [0, 0.1) is 0 Å². The van der Waals surface area contributed by atoms with Crippen LogP contribution in [-0.2, 0) is 9.59 Å². The summed E-state index contributed by atoms with van der Waals surface area (Å²) < 4.78 is 0. The van der Waals surface area contributed by atoms with Crippen molar-refractivity contribution >= 4 is 23.9 Å². The maximum absolute atomic E-state index is 13.9. The van der Waals surface area contributed by atoms with Gasteiger partial charge in [-0.05, 0) is 108 Å². The van der Waals surface area contributed by atoms with Crippen molar-refractivity contribution in [3.05, 3.63) is 0 Å². The third kappa shape index (κ3) is 6.99. The molecule has 13 nitrogen and oxygen atoms in total. The zero-order valence-corrected chi connectivity index (χ0v) is 31.7. The Labute approximate surface area is 293 Å². The van der Waals surface area contributed by atoms with Gasteiger partial charge in [-0.1, -0.05) is 19.3 Å². The SMILES string of the molecule is CN1C(C)(C)CC2(CC1(C)C)NC(=O)N(CC(O)CN(CC(O)CN1C(=O)NC3(CC(C)(C)N(C)C(C)(C)C3)C1=O)C1CCCCC1)C2=O. The number of aliphatic hydroxyl groups is 2. The normalized spacial score (nSPS) is 29.2. The lowest BCUT2D eigenvalue weighted by Gasteiger charge is -2.56. The number of carbonyl (C=O) groups is 4. The van der Waals surface area contributed by atoms with Crippen molar-refractivity contribution in [3.8, 4) is 0 Å². The molecule has 5 aliphatic rings. The van der Waals surface area contributed by atoms with Crippen LogP contribution in [0.4, 0.5) is 9.59 Å². The molecule has 1 aliphatic carbocycles. The number of nitrogens with zero attached hydrogens (tertiary/aromatic N) is 5. The van der Waals surface area contributed by atoms with E-state index in [0.29, 0.717) is 25.7 Å². The van der Waals surface area contributed by atoms with Crippen molar-refractivity contribution in [2.45, 2.75) is 165 Å². The topological polar surface area (TPSA) is 149 Å². The van der Waals surface area contributed by atoms with Crippen molar-refractivity contribution in [2.75, 3.05) is 40.3 Å². The molecule has 4 saturated heterocycles. The molecule has 1 saturated carbocycles. The number of rotatable bonds is 9. The van der Waals surface area contributed by atoms with Gasteiger partial charge in [0.25, 0.3) is 11.8 Å². The second kappa shape index (κ2) is 12.7. The fourth-order valence-electron chi connectivity index (χ4n) is 10.3. The number of carbonyl (C=O) groups excluding carboxylic acids is 4.